The van der Waals surface area contributed by atoms with Crippen LogP contribution in [0.15, 0.2) is 18.2 Å². The number of piperazine rings is 2. The summed E-state index contributed by atoms with van der Waals surface area (Å²) < 4.78 is 40.1. The molecule has 2 aliphatic rings. The minimum atomic E-state index is -4.38. The maximum atomic E-state index is 13.4. The van der Waals surface area contributed by atoms with E-state index in [4.69, 9.17) is 0 Å². The zero-order chi connectivity index (χ0) is 18.9. The maximum absolute atomic E-state index is 13.4. The summed E-state index contributed by atoms with van der Waals surface area (Å²) in [6.45, 7) is 6.46. The molecule has 0 aromatic heterocycles. The SMILES string of the molecule is Cc1ccc(N2CCN(C(=O)N3CCN(C)CC3)CC2)c(C(F)(F)F)c1. The zero-order valence-electron chi connectivity index (χ0n) is 15.2. The lowest BCUT2D eigenvalue weighted by Gasteiger charge is -2.41. The monoisotopic (exact) mass is 370 g/mol. The van der Waals surface area contributed by atoms with Crippen LogP contribution < -0.4 is 4.90 Å². The Hall–Kier alpha value is -1.96. The number of likely N-dealkylation sites (N-methyl/N-ethyl adjacent to an activating group) is 1. The predicted octanol–water partition coefficient (Wildman–Crippen LogP) is 2.50. The van der Waals surface area contributed by atoms with Crippen LogP contribution in [0.25, 0.3) is 0 Å². The first-order chi connectivity index (χ1) is 12.3. The van der Waals surface area contributed by atoms with E-state index in [1.165, 1.54) is 12.1 Å². The van der Waals surface area contributed by atoms with Gasteiger partial charge >= 0.3 is 12.2 Å². The van der Waals surface area contributed by atoms with Crippen molar-refractivity contribution < 1.29 is 18.0 Å². The zero-order valence-corrected chi connectivity index (χ0v) is 15.2. The lowest BCUT2D eigenvalue weighted by Crippen LogP contribution is -2.56. The summed E-state index contributed by atoms with van der Waals surface area (Å²) in [6, 6.07) is 4.43. The molecular weight excluding hydrogens is 345 g/mol. The molecule has 26 heavy (non-hydrogen) atoms. The molecule has 0 aliphatic carbocycles. The molecule has 3 rings (SSSR count). The van der Waals surface area contributed by atoms with Gasteiger partial charge in [-0.2, -0.15) is 13.2 Å². The van der Waals surface area contributed by atoms with Crippen molar-refractivity contribution in [3.63, 3.8) is 0 Å². The van der Waals surface area contributed by atoms with Crippen LogP contribution in [-0.4, -0.2) is 80.1 Å². The third-order valence-electron chi connectivity index (χ3n) is 5.12. The molecule has 0 bridgehead atoms. The molecule has 8 heteroatoms. The van der Waals surface area contributed by atoms with E-state index in [0.717, 1.165) is 13.1 Å². The van der Waals surface area contributed by atoms with Crippen LogP contribution in [0.3, 0.4) is 0 Å². The molecule has 0 radical (unpaired) electrons. The van der Waals surface area contributed by atoms with Crippen LogP contribution in [-0.2, 0) is 6.18 Å². The van der Waals surface area contributed by atoms with Crippen molar-refractivity contribution in [3.05, 3.63) is 29.3 Å². The second kappa shape index (κ2) is 7.34. The van der Waals surface area contributed by atoms with Crippen LogP contribution in [0.5, 0.6) is 0 Å². The van der Waals surface area contributed by atoms with E-state index in [1.54, 1.807) is 22.8 Å². The first-order valence-electron chi connectivity index (χ1n) is 8.91. The Labute approximate surface area is 151 Å². The minimum Gasteiger partial charge on any atom is -0.367 e. The largest absolute Gasteiger partial charge is 0.418 e. The van der Waals surface area contributed by atoms with Crippen LogP contribution in [0.2, 0.25) is 0 Å². The highest BCUT2D eigenvalue weighted by atomic mass is 19.4. The van der Waals surface area contributed by atoms with Crippen molar-refractivity contribution in [1.29, 1.82) is 0 Å². The molecule has 0 N–H and O–H groups in total. The quantitative estimate of drug-likeness (QED) is 0.761. The number of halogens is 3. The summed E-state index contributed by atoms with van der Waals surface area (Å²) in [4.78, 5) is 20.1. The van der Waals surface area contributed by atoms with Crippen molar-refractivity contribution in [2.24, 2.45) is 0 Å². The molecule has 5 nitrogen and oxygen atoms in total. The summed E-state index contributed by atoms with van der Waals surface area (Å²) in [5.41, 5.74) is 0.191. The Balaban J connectivity index is 1.65. The number of benzene rings is 1. The molecule has 0 atom stereocenters. The molecule has 1 aromatic carbocycles. The third-order valence-corrected chi connectivity index (χ3v) is 5.12. The number of amides is 2. The van der Waals surface area contributed by atoms with Crippen molar-refractivity contribution in [3.8, 4) is 0 Å². The smallest absolute Gasteiger partial charge is 0.367 e. The van der Waals surface area contributed by atoms with E-state index >= 15 is 0 Å². The van der Waals surface area contributed by atoms with E-state index < -0.39 is 11.7 Å². The fraction of sp³-hybridized carbons (Fsp3) is 0.611. The molecule has 0 saturated carbocycles. The van der Waals surface area contributed by atoms with Crippen molar-refractivity contribution in [2.45, 2.75) is 13.1 Å². The fourth-order valence-corrected chi connectivity index (χ4v) is 3.49. The van der Waals surface area contributed by atoms with Crippen molar-refractivity contribution >= 4 is 11.7 Å². The molecule has 2 amide bonds. The second-order valence-electron chi connectivity index (χ2n) is 7.07. The number of hydrogen-bond donors (Lipinski definition) is 0. The van der Waals surface area contributed by atoms with Gasteiger partial charge < -0.3 is 19.6 Å². The summed E-state index contributed by atoms with van der Waals surface area (Å²) in [5, 5.41) is 0. The fourth-order valence-electron chi connectivity index (χ4n) is 3.49. The van der Waals surface area contributed by atoms with Gasteiger partial charge in [0.05, 0.1) is 5.56 Å². The van der Waals surface area contributed by atoms with Gasteiger partial charge in [-0.25, -0.2) is 4.79 Å². The highest BCUT2D eigenvalue weighted by Gasteiger charge is 2.36. The van der Waals surface area contributed by atoms with E-state index in [9.17, 15) is 18.0 Å². The summed E-state index contributed by atoms with van der Waals surface area (Å²) in [6.07, 6.45) is -4.38. The summed E-state index contributed by atoms with van der Waals surface area (Å²) in [7, 11) is 2.03. The van der Waals surface area contributed by atoms with Gasteiger partial charge in [0.25, 0.3) is 0 Å². The van der Waals surface area contributed by atoms with Gasteiger partial charge in [-0.15, -0.1) is 0 Å². The standard InChI is InChI=1S/C18H25F3N4O/c1-14-3-4-16(15(13-14)18(19,20)21)23-9-11-25(12-10-23)17(26)24-7-5-22(2)6-8-24/h3-4,13H,5-12H2,1-2H3. The number of carbonyl (C=O) groups is 1. The van der Waals surface area contributed by atoms with Gasteiger partial charge in [-0.1, -0.05) is 11.6 Å². The van der Waals surface area contributed by atoms with Crippen LogP contribution in [0, 0.1) is 6.92 Å². The van der Waals surface area contributed by atoms with Gasteiger partial charge in [0.2, 0.25) is 0 Å². The van der Waals surface area contributed by atoms with Crippen LogP contribution in [0.4, 0.5) is 23.7 Å². The second-order valence-corrected chi connectivity index (χ2v) is 7.07. The van der Waals surface area contributed by atoms with E-state index in [2.05, 4.69) is 4.90 Å². The lowest BCUT2D eigenvalue weighted by atomic mass is 10.1. The molecule has 2 aliphatic heterocycles. The summed E-state index contributed by atoms with van der Waals surface area (Å²) in [5.74, 6) is 0. The highest BCUT2D eigenvalue weighted by Crippen LogP contribution is 2.37. The normalized spacial score (nSPS) is 19.8. The number of alkyl halides is 3. The van der Waals surface area contributed by atoms with Crippen LogP contribution in [0.1, 0.15) is 11.1 Å². The number of anilines is 1. The van der Waals surface area contributed by atoms with Gasteiger partial charge in [-0.3, -0.25) is 0 Å². The van der Waals surface area contributed by atoms with Gasteiger partial charge in [0, 0.05) is 58.0 Å². The van der Waals surface area contributed by atoms with Crippen molar-refractivity contribution in [1.82, 2.24) is 14.7 Å². The van der Waals surface area contributed by atoms with Gasteiger partial charge in [0.15, 0.2) is 0 Å². The molecule has 0 spiro atoms. The molecule has 144 valence electrons. The number of urea groups is 1. The number of aryl methyl sites for hydroxylation is 1. The topological polar surface area (TPSA) is 30.0 Å². The Morgan fingerprint density at radius 1 is 0.923 bits per heavy atom. The molecule has 2 heterocycles. The predicted molar refractivity (Wildman–Crippen MR) is 94.4 cm³/mol. The Bertz CT molecular complexity index is 648. The number of carbonyl (C=O) groups excluding carboxylic acids is 1. The first kappa shape index (κ1) is 18.8. The number of hydrogen-bond acceptors (Lipinski definition) is 3. The number of nitrogens with zero attached hydrogens (tertiary/aromatic N) is 4. The molecule has 2 fully saturated rings. The Morgan fingerprint density at radius 3 is 2.00 bits per heavy atom. The lowest BCUT2D eigenvalue weighted by molar-refractivity contribution is -0.137. The van der Waals surface area contributed by atoms with Gasteiger partial charge in [0.1, 0.15) is 0 Å². The minimum absolute atomic E-state index is 0.00213. The molecule has 2 saturated heterocycles. The maximum Gasteiger partial charge on any atom is 0.418 e. The van der Waals surface area contributed by atoms with Crippen molar-refractivity contribution in [2.75, 3.05) is 64.3 Å². The van der Waals surface area contributed by atoms with E-state index in [0.29, 0.717) is 44.8 Å². The third kappa shape index (κ3) is 4.06. The van der Waals surface area contributed by atoms with Crippen LogP contribution >= 0.6 is 0 Å². The molecular formula is C18H25F3N4O. The Kier molecular flexibility index (Phi) is 5.32. The average molecular weight is 370 g/mol. The number of rotatable bonds is 1. The first-order valence-corrected chi connectivity index (χ1v) is 8.91. The van der Waals surface area contributed by atoms with Gasteiger partial charge in [-0.05, 0) is 26.1 Å². The molecule has 0 unspecified atom stereocenters. The Morgan fingerprint density at radius 2 is 1.46 bits per heavy atom. The highest BCUT2D eigenvalue weighted by molar-refractivity contribution is 5.75. The van der Waals surface area contributed by atoms with E-state index in [1.807, 2.05) is 11.9 Å². The molecule has 1 aromatic rings. The summed E-state index contributed by atoms with van der Waals surface area (Å²) >= 11 is 0. The average Bonchev–Trinajstić information content (AvgIpc) is 2.61. The van der Waals surface area contributed by atoms with E-state index in [-0.39, 0.29) is 11.7 Å².